The first-order valence-electron chi connectivity index (χ1n) is 7.34. The molecule has 102 valence electrons. The van der Waals surface area contributed by atoms with Crippen molar-refractivity contribution < 1.29 is 4.74 Å². The quantitative estimate of drug-likeness (QED) is 0.436. The molecule has 1 nitrogen and oxygen atoms in total. The highest BCUT2D eigenvalue weighted by Gasteiger charge is 2.50. The molecule has 4 atom stereocenters. The third-order valence-electron chi connectivity index (χ3n) is 4.49. The lowest BCUT2D eigenvalue weighted by Gasteiger charge is -2.51. The van der Waals surface area contributed by atoms with Crippen molar-refractivity contribution in [2.24, 2.45) is 5.41 Å². The van der Waals surface area contributed by atoms with Crippen molar-refractivity contribution in [3.8, 4) is 0 Å². The molecule has 0 aliphatic heterocycles. The minimum absolute atomic E-state index is 0.359. The van der Waals surface area contributed by atoms with Gasteiger partial charge < -0.3 is 4.74 Å². The van der Waals surface area contributed by atoms with E-state index in [4.69, 9.17) is 4.74 Å². The predicted octanol–water partition coefficient (Wildman–Crippen LogP) is 5.31. The lowest BCUT2D eigenvalue weighted by Crippen LogP contribution is -2.54. The molecule has 0 spiro atoms. The summed E-state index contributed by atoms with van der Waals surface area (Å²) >= 11 is 3.77. The van der Waals surface area contributed by atoms with Gasteiger partial charge in [0.1, 0.15) is 0 Å². The molecule has 0 heterocycles. The first-order chi connectivity index (χ1) is 8.04. The fraction of sp³-hybridized carbons (Fsp3) is 1.00. The fourth-order valence-electron chi connectivity index (χ4n) is 2.63. The molecule has 1 fully saturated rings. The fourth-order valence-corrected chi connectivity index (χ4v) is 3.59. The highest BCUT2D eigenvalue weighted by molar-refractivity contribution is 9.09. The predicted molar refractivity (Wildman–Crippen MR) is 78.8 cm³/mol. The van der Waals surface area contributed by atoms with Gasteiger partial charge in [0.05, 0.1) is 12.2 Å². The second kappa shape index (κ2) is 7.13. The third kappa shape index (κ3) is 3.96. The standard InChI is InChI=1S/C15H29BrO/c1-5-7-8-9-10-12(3)17-14-11-13(16)15(14,4)6-2/h12-14H,5-11H2,1-4H3. The summed E-state index contributed by atoms with van der Waals surface area (Å²) in [5.74, 6) is 0. The summed E-state index contributed by atoms with van der Waals surface area (Å²) in [6, 6.07) is 0. The Morgan fingerprint density at radius 1 is 1.29 bits per heavy atom. The van der Waals surface area contributed by atoms with E-state index >= 15 is 0 Å². The van der Waals surface area contributed by atoms with E-state index in [0.29, 0.717) is 22.5 Å². The van der Waals surface area contributed by atoms with Crippen LogP contribution in [0.2, 0.25) is 0 Å². The van der Waals surface area contributed by atoms with Crippen molar-refractivity contribution in [2.45, 2.75) is 89.7 Å². The van der Waals surface area contributed by atoms with Gasteiger partial charge in [-0.2, -0.15) is 0 Å². The highest BCUT2D eigenvalue weighted by atomic mass is 79.9. The second-order valence-electron chi connectivity index (χ2n) is 5.85. The Hall–Kier alpha value is 0.440. The zero-order chi connectivity index (χ0) is 12.9. The molecule has 0 radical (unpaired) electrons. The van der Waals surface area contributed by atoms with Crippen molar-refractivity contribution >= 4 is 15.9 Å². The van der Waals surface area contributed by atoms with E-state index < -0.39 is 0 Å². The van der Waals surface area contributed by atoms with Gasteiger partial charge in [0.25, 0.3) is 0 Å². The highest BCUT2D eigenvalue weighted by Crippen LogP contribution is 2.50. The Labute approximate surface area is 116 Å². The van der Waals surface area contributed by atoms with Gasteiger partial charge in [-0.05, 0) is 26.2 Å². The Morgan fingerprint density at radius 2 is 2.00 bits per heavy atom. The van der Waals surface area contributed by atoms with Crippen LogP contribution >= 0.6 is 15.9 Å². The molecule has 0 aromatic heterocycles. The van der Waals surface area contributed by atoms with Gasteiger partial charge in [-0.1, -0.05) is 62.4 Å². The van der Waals surface area contributed by atoms with Gasteiger partial charge in [-0.25, -0.2) is 0 Å². The number of rotatable bonds is 8. The van der Waals surface area contributed by atoms with Crippen LogP contribution in [-0.2, 0) is 4.74 Å². The SMILES string of the molecule is CCCCCCC(C)OC1CC(Br)C1(C)CC. The minimum Gasteiger partial charge on any atom is -0.375 e. The maximum absolute atomic E-state index is 6.21. The zero-order valence-corrected chi connectivity index (χ0v) is 13.6. The summed E-state index contributed by atoms with van der Waals surface area (Å²) in [7, 11) is 0. The Morgan fingerprint density at radius 3 is 2.53 bits per heavy atom. The van der Waals surface area contributed by atoms with Crippen LogP contribution in [0.25, 0.3) is 0 Å². The molecule has 4 unspecified atom stereocenters. The summed E-state index contributed by atoms with van der Waals surface area (Å²) < 4.78 is 6.21. The molecular weight excluding hydrogens is 276 g/mol. The topological polar surface area (TPSA) is 9.23 Å². The second-order valence-corrected chi connectivity index (χ2v) is 6.95. The van der Waals surface area contributed by atoms with Crippen LogP contribution in [-0.4, -0.2) is 17.0 Å². The van der Waals surface area contributed by atoms with E-state index in [1.165, 1.54) is 44.9 Å². The first kappa shape index (κ1) is 15.5. The maximum Gasteiger partial charge on any atom is 0.0653 e. The molecule has 1 rings (SSSR count). The number of hydrogen-bond acceptors (Lipinski definition) is 1. The third-order valence-corrected chi connectivity index (χ3v) is 5.91. The molecule has 0 saturated heterocycles. The van der Waals surface area contributed by atoms with Crippen LogP contribution in [0.15, 0.2) is 0 Å². The van der Waals surface area contributed by atoms with Crippen LogP contribution in [0.3, 0.4) is 0 Å². The molecule has 0 N–H and O–H groups in total. The van der Waals surface area contributed by atoms with Crippen molar-refractivity contribution in [3.05, 3.63) is 0 Å². The van der Waals surface area contributed by atoms with E-state index in [1.54, 1.807) is 0 Å². The van der Waals surface area contributed by atoms with Gasteiger partial charge in [0.15, 0.2) is 0 Å². The van der Waals surface area contributed by atoms with Crippen molar-refractivity contribution in [3.63, 3.8) is 0 Å². The van der Waals surface area contributed by atoms with Crippen LogP contribution in [0, 0.1) is 5.41 Å². The van der Waals surface area contributed by atoms with Crippen LogP contribution in [0.4, 0.5) is 0 Å². The molecule has 1 aliphatic rings. The number of unbranched alkanes of at least 4 members (excludes halogenated alkanes) is 3. The smallest absolute Gasteiger partial charge is 0.0653 e. The normalized spacial score (nSPS) is 34.4. The molecular formula is C15H29BrO. The molecule has 1 saturated carbocycles. The number of hydrogen-bond donors (Lipinski definition) is 0. The van der Waals surface area contributed by atoms with Crippen LogP contribution in [0.1, 0.15) is 72.6 Å². The van der Waals surface area contributed by atoms with Crippen molar-refractivity contribution in [2.75, 3.05) is 0 Å². The molecule has 2 heteroatoms. The van der Waals surface area contributed by atoms with Gasteiger partial charge in [0.2, 0.25) is 0 Å². The summed E-state index contributed by atoms with van der Waals surface area (Å²) in [5, 5.41) is 0. The van der Waals surface area contributed by atoms with E-state index in [-0.39, 0.29) is 0 Å². The monoisotopic (exact) mass is 304 g/mol. The summed E-state index contributed by atoms with van der Waals surface area (Å²) in [6.45, 7) is 9.13. The van der Waals surface area contributed by atoms with Crippen LogP contribution < -0.4 is 0 Å². The average molecular weight is 305 g/mol. The number of alkyl halides is 1. The molecule has 0 aromatic carbocycles. The summed E-state index contributed by atoms with van der Waals surface area (Å²) in [5.41, 5.74) is 0.359. The Kier molecular flexibility index (Phi) is 6.50. The van der Waals surface area contributed by atoms with Gasteiger partial charge in [0, 0.05) is 10.2 Å². The van der Waals surface area contributed by atoms with Crippen molar-refractivity contribution in [1.82, 2.24) is 0 Å². The van der Waals surface area contributed by atoms with Crippen molar-refractivity contribution in [1.29, 1.82) is 0 Å². The van der Waals surface area contributed by atoms with Gasteiger partial charge in [-0.15, -0.1) is 0 Å². The van der Waals surface area contributed by atoms with Crippen LogP contribution in [0.5, 0.6) is 0 Å². The van der Waals surface area contributed by atoms with E-state index in [9.17, 15) is 0 Å². The molecule has 0 bridgehead atoms. The first-order valence-corrected chi connectivity index (χ1v) is 8.25. The summed E-state index contributed by atoms with van der Waals surface area (Å²) in [4.78, 5) is 0.650. The van der Waals surface area contributed by atoms with E-state index in [1.807, 2.05) is 0 Å². The zero-order valence-electron chi connectivity index (χ0n) is 12.0. The average Bonchev–Trinajstić information content (AvgIpc) is 2.33. The maximum atomic E-state index is 6.21. The van der Waals surface area contributed by atoms with E-state index in [2.05, 4.69) is 43.6 Å². The Bertz CT molecular complexity index is 219. The number of ether oxygens (including phenoxy) is 1. The minimum atomic E-state index is 0.359. The summed E-state index contributed by atoms with van der Waals surface area (Å²) in [6.07, 6.45) is 9.89. The lowest BCUT2D eigenvalue weighted by atomic mass is 9.65. The molecule has 0 amide bonds. The molecule has 17 heavy (non-hydrogen) atoms. The number of halogens is 1. The van der Waals surface area contributed by atoms with Gasteiger partial charge >= 0.3 is 0 Å². The van der Waals surface area contributed by atoms with Gasteiger partial charge in [-0.3, -0.25) is 0 Å². The Balaban J connectivity index is 2.21. The molecule has 1 aliphatic carbocycles. The van der Waals surface area contributed by atoms with E-state index in [0.717, 1.165) is 0 Å². The molecule has 0 aromatic rings. The largest absolute Gasteiger partial charge is 0.375 e. The lowest BCUT2D eigenvalue weighted by molar-refractivity contribution is -0.127.